The van der Waals surface area contributed by atoms with Crippen LogP contribution >= 0.6 is 0 Å². The lowest BCUT2D eigenvalue weighted by Crippen LogP contribution is -2.35. The third-order valence-electron chi connectivity index (χ3n) is 3.27. The number of anilines is 1. The Hall–Kier alpha value is -2.17. The van der Waals surface area contributed by atoms with E-state index in [1.54, 1.807) is 4.90 Å². The van der Waals surface area contributed by atoms with Crippen LogP contribution in [0.2, 0.25) is 0 Å². The van der Waals surface area contributed by atoms with Crippen LogP contribution in [0.4, 0.5) is 5.82 Å². The van der Waals surface area contributed by atoms with Crippen molar-refractivity contribution in [1.82, 2.24) is 14.9 Å². The molecule has 0 unspecified atom stereocenters. The average Bonchev–Trinajstić information content (AvgIpc) is 2.46. The molecule has 20 heavy (non-hydrogen) atoms. The van der Waals surface area contributed by atoms with Crippen LogP contribution in [0.5, 0.6) is 0 Å². The molecule has 0 fully saturated rings. The van der Waals surface area contributed by atoms with Gasteiger partial charge in [-0.15, -0.1) is 0 Å². The number of aromatic nitrogens is 2. The number of likely N-dealkylation sites (N-methyl/N-ethyl adjacent to an activating group) is 1. The SMILES string of the molecule is CCN(CC)C(=O)CNc1nc2ccccc2nc1C. The molecule has 1 N–H and O–H groups in total. The van der Waals surface area contributed by atoms with Crippen molar-refractivity contribution in [2.75, 3.05) is 25.0 Å². The van der Waals surface area contributed by atoms with Crippen LogP contribution < -0.4 is 5.32 Å². The number of para-hydroxylation sites is 2. The van der Waals surface area contributed by atoms with Crippen molar-refractivity contribution in [2.24, 2.45) is 0 Å². The normalized spacial score (nSPS) is 10.6. The van der Waals surface area contributed by atoms with Crippen molar-refractivity contribution in [3.05, 3.63) is 30.0 Å². The molecule has 0 saturated heterocycles. The highest BCUT2D eigenvalue weighted by Gasteiger charge is 2.11. The van der Waals surface area contributed by atoms with Crippen molar-refractivity contribution < 1.29 is 4.79 Å². The lowest BCUT2D eigenvalue weighted by atomic mass is 10.3. The number of rotatable bonds is 5. The molecule has 0 atom stereocenters. The summed E-state index contributed by atoms with van der Waals surface area (Å²) in [5.74, 6) is 0.744. The van der Waals surface area contributed by atoms with Crippen LogP contribution in [-0.2, 0) is 4.79 Å². The summed E-state index contributed by atoms with van der Waals surface area (Å²) in [4.78, 5) is 22.8. The van der Waals surface area contributed by atoms with Gasteiger partial charge < -0.3 is 10.2 Å². The van der Waals surface area contributed by atoms with E-state index in [0.29, 0.717) is 5.82 Å². The monoisotopic (exact) mass is 272 g/mol. The molecule has 1 amide bonds. The molecule has 1 aromatic heterocycles. The first-order chi connectivity index (χ1) is 9.65. The number of aryl methyl sites for hydroxylation is 1. The van der Waals surface area contributed by atoms with Crippen molar-refractivity contribution in [1.29, 1.82) is 0 Å². The van der Waals surface area contributed by atoms with Gasteiger partial charge >= 0.3 is 0 Å². The molecule has 5 heteroatoms. The van der Waals surface area contributed by atoms with Gasteiger partial charge in [-0.3, -0.25) is 4.79 Å². The number of carbonyl (C=O) groups is 1. The van der Waals surface area contributed by atoms with E-state index in [1.165, 1.54) is 0 Å². The molecule has 0 aliphatic carbocycles. The van der Waals surface area contributed by atoms with E-state index in [4.69, 9.17) is 0 Å². The standard InChI is InChI=1S/C15H20N4O/c1-4-19(5-2)14(20)10-16-15-11(3)17-12-8-6-7-9-13(12)18-15/h6-9H,4-5,10H2,1-3H3,(H,16,18). The number of hydrogen-bond donors (Lipinski definition) is 1. The summed E-state index contributed by atoms with van der Waals surface area (Å²) in [6, 6.07) is 7.71. The number of amides is 1. The van der Waals surface area contributed by atoms with E-state index in [1.807, 2.05) is 45.0 Å². The number of carbonyl (C=O) groups excluding carboxylic acids is 1. The molecule has 0 radical (unpaired) electrons. The summed E-state index contributed by atoms with van der Waals surface area (Å²) < 4.78 is 0. The molecular weight excluding hydrogens is 252 g/mol. The van der Waals surface area contributed by atoms with Gasteiger partial charge in [0.05, 0.1) is 23.3 Å². The summed E-state index contributed by atoms with van der Waals surface area (Å²) in [6.45, 7) is 7.53. The molecule has 2 aromatic rings. The molecule has 0 saturated carbocycles. The predicted molar refractivity (Wildman–Crippen MR) is 80.7 cm³/mol. The van der Waals surface area contributed by atoms with Gasteiger partial charge in [-0.1, -0.05) is 12.1 Å². The van der Waals surface area contributed by atoms with Crippen LogP contribution in [0, 0.1) is 6.92 Å². The third-order valence-corrected chi connectivity index (χ3v) is 3.27. The van der Waals surface area contributed by atoms with Crippen molar-refractivity contribution in [3.63, 3.8) is 0 Å². The highest BCUT2D eigenvalue weighted by Crippen LogP contribution is 2.15. The fourth-order valence-corrected chi connectivity index (χ4v) is 2.10. The zero-order valence-electron chi connectivity index (χ0n) is 12.2. The first-order valence-electron chi connectivity index (χ1n) is 6.90. The maximum atomic E-state index is 12.0. The quantitative estimate of drug-likeness (QED) is 0.906. The Morgan fingerprint density at radius 3 is 2.35 bits per heavy atom. The largest absolute Gasteiger partial charge is 0.359 e. The number of nitrogens with one attached hydrogen (secondary N) is 1. The molecule has 1 aromatic carbocycles. The molecule has 0 aliphatic rings. The minimum atomic E-state index is 0.0735. The summed E-state index contributed by atoms with van der Waals surface area (Å²) >= 11 is 0. The second kappa shape index (κ2) is 6.32. The fourth-order valence-electron chi connectivity index (χ4n) is 2.10. The lowest BCUT2D eigenvalue weighted by Gasteiger charge is -2.19. The van der Waals surface area contributed by atoms with Crippen LogP contribution in [0.25, 0.3) is 11.0 Å². The Labute approximate surface area is 119 Å². The fraction of sp³-hybridized carbons (Fsp3) is 0.400. The average molecular weight is 272 g/mol. The highest BCUT2D eigenvalue weighted by molar-refractivity contribution is 5.81. The Balaban J connectivity index is 2.13. The molecule has 1 heterocycles. The number of fused-ring (bicyclic) bond motifs is 1. The van der Waals surface area contributed by atoms with Crippen LogP contribution in [-0.4, -0.2) is 40.4 Å². The van der Waals surface area contributed by atoms with Crippen molar-refractivity contribution >= 4 is 22.8 Å². The Bertz CT molecular complexity index is 608. The zero-order valence-corrected chi connectivity index (χ0v) is 12.2. The van der Waals surface area contributed by atoms with Gasteiger partial charge in [0.2, 0.25) is 5.91 Å². The van der Waals surface area contributed by atoms with Crippen molar-refractivity contribution in [2.45, 2.75) is 20.8 Å². The van der Waals surface area contributed by atoms with E-state index in [9.17, 15) is 4.79 Å². The van der Waals surface area contributed by atoms with Crippen molar-refractivity contribution in [3.8, 4) is 0 Å². The second-order valence-electron chi connectivity index (χ2n) is 4.57. The summed E-state index contributed by atoms with van der Waals surface area (Å²) in [6.07, 6.45) is 0. The third kappa shape index (κ3) is 3.04. The lowest BCUT2D eigenvalue weighted by molar-refractivity contribution is -0.128. The van der Waals surface area contributed by atoms with Gasteiger partial charge in [0.15, 0.2) is 0 Å². The molecule has 0 bridgehead atoms. The minimum absolute atomic E-state index is 0.0735. The number of nitrogens with zero attached hydrogens (tertiary/aromatic N) is 3. The minimum Gasteiger partial charge on any atom is -0.359 e. The van der Waals surface area contributed by atoms with Gasteiger partial charge in [-0.05, 0) is 32.9 Å². The Morgan fingerprint density at radius 1 is 1.15 bits per heavy atom. The molecule has 0 spiro atoms. The maximum absolute atomic E-state index is 12.0. The van der Waals surface area contributed by atoms with Gasteiger partial charge in [0.25, 0.3) is 0 Å². The van der Waals surface area contributed by atoms with Gasteiger partial charge in [-0.25, -0.2) is 9.97 Å². The molecule has 5 nitrogen and oxygen atoms in total. The highest BCUT2D eigenvalue weighted by atomic mass is 16.2. The van der Waals surface area contributed by atoms with E-state index < -0.39 is 0 Å². The topological polar surface area (TPSA) is 58.1 Å². The Kier molecular flexibility index (Phi) is 4.50. The Morgan fingerprint density at radius 2 is 1.75 bits per heavy atom. The molecule has 0 aliphatic heterocycles. The van der Waals surface area contributed by atoms with Crippen LogP contribution in [0.15, 0.2) is 24.3 Å². The van der Waals surface area contributed by atoms with Gasteiger partial charge in [0.1, 0.15) is 5.82 Å². The molecule has 2 rings (SSSR count). The second-order valence-corrected chi connectivity index (χ2v) is 4.57. The summed E-state index contributed by atoms with van der Waals surface area (Å²) in [5, 5.41) is 3.09. The van der Waals surface area contributed by atoms with E-state index in [2.05, 4.69) is 15.3 Å². The first kappa shape index (κ1) is 14.2. The van der Waals surface area contributed by atoms with E-state index in [-0.39, 0.29) is 12.5 Å². The van der Waals surface area contributed by atoms with E-state index in [0.717, 1.165) is 29.8 Å². The van der Waals surface area contributed by atoms with Gasteiger partial charge in [0, 0.05) is 13.1 Å². The van der Waals surface area contributed by atoms with Gasteiger partial charge in [-0.2, -0.15) is 0 Å². The van der Waals surface area contributed by atoms with Crippen LogP contribution in [0.1, 0.15) is 19.5 Å². The molecule has 106 valence electrons. The predicted octanol–water partition coefficient (Wildman–Crippen LogP) is 2.22. The number of benzene rings is 1. The zero-order chi connectivity index (χ0) is 14.5. The molecular formula is C15H20N4O. The first-order valence-corrected chi connectivity index (χ1v) is 6.90. The summed E-state index contributed by atoms with van der Waals surface area (Å²) in [5.41, 5.74) is 2.50. The number of hydrogen-bond acceptors (Lipinski definition) is 4. The van der Waals surface area contributed by atoms with E-state index >= 15 is 0 Å². The smallest absolute Gasteiger partial charge is 0.241 e. The maximum Gasteiger partial charge on any atom is 0.241 e. The van der Waals surface area contributed by atoms with Crippen LogP contribution in [0.3, 0.4) is 0 Å². The summed E-state index contributed by atoms with van der Waals surface area (Å²) in [7, 11) is 0.